The maximum Gasteiger partial charge on any atom is 0.415 e. The van der Waals surface area contributed by atoms with Crippen molar-refractivity contribution in [2.45, 2.75) is 37.7 Å². The van der Waals surface area contributed by atoms with E-state index in [2.05, 4.69) is 0 Å². The Morgan fingerprint density at radius 3 is 2.65 bits per heavy atom. The third-order valence-corrected chi connectivity index (χ3v) is 3.55. The van der Waals surface area contributed by atoms with E-state index in [-0.39, 0.29) is 12.6 Å². The lowest BCUT2D eigenvalue weighted by Gasteiger charge is -2.25. The van der Waals surface area contributed by atoms with Gasteiger partial charge in [-0.25, -0.2) is 0 Å². The summed E-state index contributed by atoms with van der Waals surface area (Å²) in [5.41, 5.74) is 1.01. The Bertz CT molecular complexity index is 348. The summed E-state index contributed by atoms with van der Waals surface area (Å²) in [6.07, 6.45) is -4.92. The van der Waals surface area contributed by atoms with Gasteiger partial charge < -0.3 is 5.11 Å². The van der Waals surface area contributed by atoms with Gasteiger partial charge in [0.2, 0.25) is 0 Å². The quantitative estimate of drug-likeness (QED) is 0.884. The molecule has 1 atom stereocenters. The number of aliphatic hydroxyl groups excluding tert-OH is 1. The number of hydrogen-bond donors (Lipinski definition) is 1. The van der Waals surface area contributed by atoms with Gasteiger partial charge in [-0.2, -0.15) is 24.5 Å². The lowest BCUT2D eigenvalue weighted by molar-refractivity contribution is -0.208. The molecule has 0 aromatic carbocycles. The third-order valence-electron chi connectivity index (χ3n) is 2.81. The van der Waals surface area contributed by atoms with E-state index in [1.807, 2.05) is 16.8 Å². The molecule has 0 amide bonds. The molecule has 6 heteroatoms. The van der Waals surface area contributed by atoms with Gasteiger partial charge in [0.25, 0.3) is 0 Å². The average molecular weight is 265 g/mol. The highest BCUT2D eigenvalue weighted by atomic mass is 32.1. The van der Waals surface area contributed by atoms with Crippen LogP contribution in [0.4, 0.5) is 13.2 Å². The molecule has 0 spiro atoms. The second kappa shape index (κ2) is 4.96. The minimum atomic E-state index is -4.53. The van der Waals surface area contributed by atoms with E-state index in [0.29, 0.717) is 6.54 Å². The van der Waals surface area contributed by atoms with Crippen molar-refractivity contribution in [3.05, 3.63) is 22.4 Å². The van der Waals surface area contributed by atoms with Crippen molar-refractivity contribution in [3.8, 4) is 0 Å². The van der Waals surface area contributed by atoms with E-state index in [1.54, 1.807) is 4.90 Å². The molecule has 1 heterocycles. The molecule has 0 aliphatic heterocycles. The molecule has 2 nitrogen and oxygen atoms in total. The average Bonchev–Trinajstić information content (AvgIpc) is 2.95. The second-order valence-electron chi connectivity index (χ2n) is 4.35. The highest BCUT2D eigenvalue weighted by molar-refractivity contribution is 7.07. The maximum absolute atomic E-state index is 12.3. The molecular formula is C11H14F3NOS. The number of rotatable bonds is 5. The van der Waals surface area contributed by atoms with E-state index < -0.39 is 12.3 Å². The predicted octanol–water partition coefficient (Wildman–Crippen LogP) is 2.64. The van der Waals surface area contributed by atoms with Gasteiger partial charge in [-0.15, -0.1) is 0 Å². The van der Waals surface area contributed by atoms with Crippen LogP contribution in [0.15, 0.2) is 16.8 Å². The monoisotopic (exact) mass is 265 g/mol. The van der Waals surface area contributed by atoms with Gasteiger partial charge in [0.05, 0.1) is 0 Å². The standard InChI is InChI=1S/C11H14F3NOS/c12-11(13,14)10(16)6-15(9-1-2-9)5-8-3-4-17-7-8/h3-4,7,9-10,16H,1-2,5-6H2. The Morgan fingerprint density at radius 1 is 1.47 bits per heavy atom. The SMILES string of the molecule is OC(CN(Cc1ccsc1)C1CC1)C(F)(F)F. The van der Waals surface area contributed by atoms with Gasteiger partial charge in [0, 0.05) is 19.1 Å². The van der Waals surface area contributed by atoms with Gasteiger partial charge in [-0.3, -0.25) is 4.90 Å². The van der Waals surface area contributed by atoms with Crippen LogP contribution in [-0.4, -0.2) is 34.9 Å². The molecule has 0 saturated heterocycles. The lowest BCUT2D eigenvalue weighted by atomic mass is 10.2. The molecule has 1 fully saturated rings. The first-order chi connectivity index (χ1) is 7.97. The fraction of sp³-hybridized carbons (Fsp3) is 0.636. The first kappa shape index (κ1) is 12.9. The van der Waals surface area contributed by atoms with Gasteiger partial charge in [-0.05, 0) is 35.2 Å². The smallest absolute Gasteiger partial charge is 0.382 e. The van der Waals surface area contributed by atoms with Crippen LogP contribution in [0.3, 0.4) is 0 Å². The first-order valence-electron chi connectivity index (χ1n) is 5.46. The summed E-state index contributed by atoms with van der Waals surface area (Å²) < 4.78 is 36.9. The van der Waals surface area contributed by atoms with Crippen molar-refractivity contribution in [2.75, 3.05) is 6.54 Å². The zero-order chi connectivity index (χ0) is 12.5. The zero-order valence-electron chi connectivity index (χ0n) is 9.15. The van der Waals surface area contributed by atoms with Crippen molar-refractivity contribution in [1.29, 1.82) is 0 Å². The lowest BCUT2D eigenvalue weighted by Crippen LogP contribution is -2.41. The zero-order valence-corrected chi connectivity index (χ0v) is 9.97. The number of thiophene rings is 1. The van der Waals surface area contributed by atoms with E-state index >= 15 is 0 Å². The van der Waals surface area contributed by atoms with E-state index in [0.717, 1.165) is 18.4 Å². The summed E-state index contributed by atoms with van der Waals surface area (Å²) in [5, 5.41) is 12.9. The first-order valence-corrected chi connectivity index (χ1v) is 6.41. The summed E-state index contributed by atoms with van der Waals surface area (Å²) >= 11 is 1.53. The molecule has 0 radical (unpaired) electrons. The molecule has 1 N–H and O–H groups in total. The maximum atomic E-state index is 12.3. The van der Waals surface area contributed by atoms with E-state index in [4.69, 9.17) is 5.11 Å². The summed E-state index contributed by atoms with van der Waals surface area (Å²) in [4.78, 5) is 1.72. The highest BCUT2D eigenvalue weighted by Gasteiger charge is 2.41. The molecule has 1 aliphatic rings. The summed E-state index contributed by atoms with van der Waals surface area (Å²) in [7, 11) is 0. The van der Waals surface area contributed by atoms with Crippen LogP contribution >= 0.6 is 11.3 Å². The number of alkyl halides is 3. The fourth-order valence-corrected chi connectivity index (χ4v) is 2.38. The van der Waals surface area contributed by atoms with Gasteiger partial charge in [0.1, 0.15) is 0 Å². The van der Waals surface area contributed by atoms with Crippen LogP contribution in [-0.2, 0) is 6.54 Å². The van der Waals surface area contributed by atoms with Gasteiger partial charge >= 0.3 is 6.18 Å². The Labute approximate surface area is 102 Å². The van der Waals surface area contributed by atoms with Crippen LogP contribution < -0.4 is 0 Å². The molecule has 1 unspecified atom stereocenters. The molecular weight excluding hydrogens is 251 g/mol. The Hall–Kier alpha value is -0.590. The minimum Gasteiger partial charge on any atom is -0.382 e. The number of hydrogen-bond acceptors (Lipinski definition) is 3. The van der Waals surface area contributed by atoms with Crippen molar-refractivity contribution in [2.24, 2.45) is 0 Å². The third kappa shape index (κ3) is 3.69. The van der Waals surface area contributed by atoms with Crippen LogP contribution in [0.25, 0.3) is 0 Å². The second-order valence-corrected chi connectivity index (χ2v) is 5.13. The molecule has 17 heavy (non-hydrogen) atoms. The molecule has 1 saturated carbocycles. The topological polar surface area (TPSA) is 23.5 Å². The number of nitrogens with zero attached hydrogens (tertiary/aromatic N) is 1. The van der Waals surface area contributed by atoms with Crippen LogP contribution in [0.2, 0.25) is 0 Å². The Balaban J connectivity index is 1.94. The summed E-state index contributed by atoms with van der Waals surface area (Å²) in [5.74, 6) is 0. The van der Waals surface area contributed by atoms with Gasteiger partial charge in [-0.1, -0.05) is 0 Å². The van der Waals surface area contributed by atoms with Gasteiger partial charge in [0.15, 0.2) is 6.10 Å². The molecule has 0 bridgehead atoms. The van der Waals surface area contributed by atoms with Crippen LogP contribution in [0, 0.1) is 0 Å². The molecule has 1 aromatic rings. The van der Waals surface area contributed by atoms with Crippen molar-refractivity contribution < 1.29 is 18.3 Å². The number of halogens is 3. The predicted molar refractivity (Wildman–Crippen MR) is 59.8 cm³/mol. The molecule has 96 valence electrons. The molecule has 1 aromatic heterocycles. The van der Waals surface area contributed by atoms with E-state index in [1.165, 1.54) is 11.3 Å². The normalized spacial score (nSPS) is 18.6. The van der Waals surface area contributed by atoms with Crippen molar-refractivity contribution in [3.63, 3.8) is 0 Å². The van der Waals surface area contributed by atoms with Crippen molar-refractivity contribution >= 4 is 11.3 Å². The summed E-state index contributed by atoms with van der Waals surface area (Å²) in [6.45, 7) is 0.158. The number of aliphatic hydroxyl groups is 1. The Morgan fingerprint density at radius 2 is 2.18 bits per heavy atom. The summed E-state index contributed by atoms with van der Waals surface area (Å²) in [6, 6.07) is 2.10. The minimum absolute atomic E-state index is 0.201. The highest BCUT2D eigenvalue weighted by Crippen LogP contribution is 2.31. The molecule has 1 aliphatic carbocycles. The van der Waals surface area contributed by atoms with Crippen molar-refractivity contribution in [1.82, 2.24) is 4.90 Å². The fourth-order valence-electron chi connectivity index (χ4n) is 1.73. The van der Waals surface area contributed by atoms with E-state index in [9.17, 15) is 13.2 Å². The van der Waals surface area contributed by atoms with Crippen LogP contribution in [0.1, 0.15) is 18.4 Å². The Kier molecular flexibility index (Phi) is 3.75. The largest absolute Gasteiger partial charge is 0.415 e. The van der Waals surface area contributed by atoms with Crippen LogP contribution in [0.5, 0.6) is 0 Å². The molecule has 2 rings (SSSR count).